The van der Waals surface area contributed by atoms with Gasteiger partial charge < -0.3 is 9.52 Å². The van der Waals surface area contributed by atoms with Crippen molar-refractivity contribution in [1.29, 1.82) is 0 Å². The van der Waals surface area contributed by atoms with Gasteiger partial charge in [0.15, 0.2) is 0 Å². The maximum absolute atomic E-state index is 9.98. The molecule has 0 unspecified atom stereocenters. The Balaban J connectivity index is 1.66. The molecule has 5 heteroatoms. The van der Waals surface area contributed by atoms with Crippen LogP contribution in [0.4, 0.5) is 0 Å². The SMILES string of the molecule is CCC1(O)CN(Cc2coc(-c3cccc(Cl)c3)n2)C1. The minimum atomic E-state index is -0.514. The van der Waals surface area contributed by atoms with Gasteiger partial charge in [-0.25, -0.2) is 4.98 Å². The Bertz CT molecular complexity index is 605. The summed E-state index contributed by atoms with van der Waals surface area (Å²) in [4.78, 5) is 6.62. The molecule has 1 aromatic carbocycles. The Hall–Kier alpha value is -1.36. The van der Waals surface area contributed by atoms with Gasteiger partial charge in [-0.3, -0.25) is 4.90 Å². The molecule has 20 heavy (non-hydrogen) atoms. The van der Waals surface area contributed by atoms with Crippen LogP contribution in [0.3, 0.4) is 0 Å². The lowest BCUT2D eigenvalue weighted by Crippen LogP contribution is -2.60. The van der Waals surface area contributed by atoms with Crippen LogP contribution in [0.5, 0.6) is 0 Å². The quantitative estimate of drug-likeness (QED) is 0.941. The van der Waals surface area contributed by atoms with Gasteiger partial charge in [0.25, 0.3) is 0 Å². The molecule has 1 aromatic heterocycles. The normalized spacial score (nSPS) is 17.9. The molecule has 106 valence electrons. The summed E-state index contributed by atoms with van der Waals surface area (Å²) in [7, 11) is 0. The standard InChI is InChI=1S/C15H17ClN2O2/c1-2-15(19)9-18(10-15)7-13-8-20-14(17-13)11-4-3-5-12(16)6-11/h3-6,8,19H,2,7,9-10H2,1H3. The van der Waals surface area contributed by atoms with Crippen molar-refractivity contribution in [3.05, 3.63) is 41.2 Å². The van der Waals surface area contributed by atoms with Crippen molar-refractivity contribution in [3.63, 3.8) is 0 Å². The summed E-state index contributed by atoms with van der Waals surface area (Å²) in [6.45, 7) is 4.10. The molecule has 3 rings (SSSR count). The number of oxazole rings is 1. The number of nitrogens with zero attached hydrogens (tertiary/aromatic N) is 2. The Morgan fingerprint density at radius 1 is 1.45 bits per heavy atom. The van der Waals surface area contributed by atoms with Gasteiger partial charge in [-0.2, -0.15) is 0 Å². The summed E-state index contributed by atoms with van der Waals surface area (Å²) in [5.41, 5.74) is 1.23. The first-order valence-electron chi connectivity index (χ1n) is 6.73. The van der Waals surface area contributed by atoms with Crippen molar-refractivity contribution in [2.75, 3.05) is 13.1 Å². The third kappa shape index (κ3) is 2.73. The van der Waals surface area contributed by atoms with E-state index in [4.69, 9.17) is 16.0 Å². The first kappa shape index (κ1) is 13.6. The van der Waals surface area contributed by atoms with Crippen molar-refractivity contribution >= 4 is 11.6 Å². The fraction of sp³-hybridized carbons (Fsp3) is 0.400. The van der Waals surface area contributed by atoms with Crippen molar-refractivity contribution in [1.82, 2.24) is 9.88 Å². The number of hydrogen-bond donors (Lipinski definition) is 1. The van der Waals surface area contributed by atoms with E-state index >= 15 is 0 Å². The number of halogens is 1. The number of likely N-dealkylation sites (tertiary alicyclic amines) is 1. The molecule has 0 spiro atoms. The molecular formula is C15H17ClN2O2. The Morgan fingerprint density at radius 3 is 2.95 bits per heavy atom. The maximum Gasteiger partial charge on any atom is 0.226 e. The molecule has 1 aliphatic heterocycles. The number of benzene rings is 1. The van der Waals surface area contributed by atoms with E-state index in [9.17, 15) is 5.11 Å². The molecule has 1 N–H and O–H groups in total. The summed E-state index contributed by atoms with van der Waals surface area (Å²) in [5.74, 6) is 0.578. The van der Waals surface area contributed by atoms with Gasteiger partial charge in [0.2, 0.25) is 5.89 Å². The first-order chi connectivity index (χ1) is 9.58. The van der Waals surface area contributed by atoms with Crippen LogP contribution in [-0.2, 0) is 6.54 Å². The zero-order chi connectivity index (χ0) is 14.2. The molecular weight excluding hydrogens is 276 g/mol. The van der Waals surface area contributed by atoms with Crippen molar-refractivity contribution < 1.29 is 9.52 Å². The zero-order valence-electron chi connectivity index (χ0n) is 11.3. The monoisotopic (exact) mass is 292 g/mol. The molecule has 1 saturated heterocycles. The summed E-state index contributed by atoms with van der Waals surface area (Å²) in [6.07, 6.45) is 2.45. The van der Waals surface area contributed by atoms with Crippen molar-refractivity contribution in [2.45, 2.75) is 25.5 Å². The molecule has 0 saturated carbocycles. The van der Waals surface area contributed by atoms with Crippen LogP contribution >= 0.6 is 11.6 Å². The number of aliphatic hydroxyl groups is 1. The minimum Gasteiger partial charge on any atom is -0.444 e. The molecule has 0 radical (unpaired) electrons. The molecule has 2 heterocycles. The first-order valence-corrected chi connectivity index (χ1v) is 7.11. The minimum absolute atomic E-state index is 0.514. The second-order valence-electron chi connectivity index (χ2n) is 5.38. The lowest BCUT2D eigenvalue weighted by atomic mass is 9.91. The van der Waals surface area contributed by atoms with Crippen LogP contribution in [0.25, 0.3) is 11.5 Å². The van der Waals surface area contributed by atoms with Crippen LogP contribution in [0.15, 0.2) is 34.9 Å². The molecule has 2 aromatic rings. The smallest absolute Gasteiger partial charge is 0.226 e. The highest BCUT2D eigenvalue weighted by atomic mass is 35.5. The number of β-amino-alcohol motifs (C(OH)–C–C–N with tert-alkyl or cyclic N) is 1. The fourth-order valence-corrected chi connectivity index (χ4v) is 2.67. The van der Waals surface area contributed by atoms with E-state index in [1.54, 1.807) is 6.26 Å². The third-order valence-corrected chi connectivity index (χ3v) is 3.94. The highest BCUT2D eigenvalue weighted by Crippen LogP contribution is 2.27. The Kier molecular flexibility index (Phi) is 3.54. The summed E-state index contributed by atoms with van der Waals surface area (Å²) < 4.78 is 5.49. The molecule has 1 fully saturated rings. The lowest BCUT2D eigenvalue weighted by Gasteiger charge is -2.45. The zero-order valence-corrected chi connectivity index (χ0v) is 12.1. The molecule has 0 aliphatic carbocycles. The van der Waals surface area contributed by atoms with Gasteiger partial charge in [-0.15, -0.1) is 0 Å². The average molecular weight is 293 g/mol. The number of aromatic nitrogens is 1. The van der Waals surface area contributed by atoms with Gasteiger partial charge in [0, 0.05) is 30.2 Å². The predicted octanol–water partition coefficient (Wildman–Crippen LogP) is 2.95. The Morgan fingerprint density at radius 2 is 2.25 bits per heavy atom. The predicted molar refractivity (Wildman–Crippen MR) is 77.5 cm³/mol. The fourth-order valence-electron chi connectivity index (χ4n) is 2.48. The number of hydrogen-bond acceptors (Lipinski definition) is 4. The largest absolute Gasteiger partial charge is 0.444 e. The summed E-state index contributed by atoms with van der Waals surface area (Å²) >= 11 is 5.96. The van der Waals surface area contributed by atoms with Crippen LogP contribution in [0, 0.1) is 0 Å². The van der Waals surface area contributed by atoms with Crippen molar-refractivity contribution in [2.24, 2.45) is 0 Å². The molecule has 1 aliphatic rings. The van der Waals surface area contributed by atoms with Crippen LogP contribution in [0.2, 0.25) is 5.02 Å². The van der Waals surface area contributed by atoms with Crippen LogP contribution in [-0.4, -0.2) is 33.7 Å². The third-order valence-electron chi connectivity index (χ3n) is 3.70. The van der Waals surface area contributed by atoms with Crippen LogP contribution < -0.4 is 0 Å². The van der Waals surface area contributed by atoms with E-state index in [1.807, 2.05) is 31.2 Å². The lowest BCUT2D eigenvalue weighted by molar-refractivity contribution is -0.103. The Labute approximate surface area is 123 Å². The van der Waals surface area contributed by atoms with Gasteiger partial charge in [0.05, 0.1) is 11.3 Å². The summed E-state index contributed by atoms with van der Waals surface area (Å²) in [6, 6.07) is 7.44. The maximum atomic E-state index is 9.98. The molecule has 0 bridgehead atoms. The highest BCUT2D eigenvalue weighted by Gasteiger charge is 2.39. The highest BCUT2D eigenvalue weighted by molar-refractivity contribution is 6.30. The second kappa shape index (κ2) is 5.20. The van der Waals surface area contributed by atoms with Crippen LogP contribution in [0.1, 0.15) is 19.0 Å². The van der Waals surface area contributed by atoms with Gasteiger partial charge in [-0.05, 0) is 24.6 Å². The van der Waals surface area contributed by atoms with E-state index in [1.165, 1.54) is 0 Å². The van der Waals surface area contributed by atoms with Crippen molar-refractivity contribution in [3.8, 4) is 11.5 Å². The van der Waals surface area contributed by atoms with E-state index in [-0.39, 0.29) is 0 Å². The number of rotatable bonds is 4. The molecule has 4 nitrogen and oxygen atoms in total. The summed E-state index contributed by atoms with van der Waals surface area (Å²) in [5, 5.41) is 10.6. The van der Waals surface area contributed by atoms with E-state index < -0.39 is 5.60 Å². The molecule has 0 amide bonds. The van der Waals surface area contributed by atoms with E-state index in [0.717, 1.165) is 17.7 Å². The average Bonchev–Trinajstić information content (AvgIpc) is 2.85. The van der Waals surface area contributed by atoms with E-state index in [0.29, 0.717) is 30.5 Å². The molecule has 0 atom stereocenters. The topological polar surface area (TPSA) is 49.5 Å². The van der Waals surface area contributed by atoms with Gasteiger partial charge in [-0.1, -0.05) is 24.6 Å². The van der Waals surface area contributed by atoms with Gasteiger partial charge in [0.1, 0.15) is 6.26 Å². The second-order valence-corrected chi connectivity index (χ2v) is 5.81. The van der Waals surface area contributed by atoms with Gasteiger partial charge >= 0.3 is 0 Å². The van der Waals surface area contributed by atoms with E-state index in [2.05, 4.69) is 9.88 Å².